The fourth-order valence-corrected chi connectivity index (χ4v) is 4.55. The summed E-state index contributed by atoms with van der Waals surface area (Å²) in [6, 6.07) is 22.5. The number of aromatic nitrogens is 2. The number of anilines is 1. The van der Waals surface area contributed by atoms with Crippen LogP contribution in [0.2, 0.25) is 0 Å². The summed E-state index contributed by atoms with van der Waals surface area (Å²) in [6.07, 6.45) is 5.62. The molecule has 5 rings (SSSR count). The van der Waals surface area contributed by atoms with E-state index in [1.165, 1.54) is 0 Å². The molecule has 2 atom stereocenters. The molecule has 0 spiro atoms. The second-order valence-corrected chi connectivity index (χ2v) is 8.43. The minimum absolute atomic E-state index is 0.0500. The maximum absolute atomic E-state index is 5.78. The first-order valence-corrected chi connectivity index (χ1v) is 11.0. The van der Waals surface area contributed by atoms with Crippen molar-refractivity contribution in [1.29, 1.82) is 0 Å². The number of benzene rings is 1. The van der Waals surface area contributed by atoms with Gasteiger partial charge in [-0.25, -0.2) is 0 Å². The molecule has 162 valence electrons. The van der Waals surface area contributed by atoms with Gasteiger partial charge >= 0.3 is 0 Å². The van der Waals surface area contributed by atoms with Crippen molar-refractivity contribution in [3.05, 3.63) is 103 Å². The van der Waals surface area contributed by atoms with Gasteiger partial charge in [-0.05, 0) is 72.9 Å². The number of rotatable bonds is 6. The van der Waals surface area contributed by atoms with Crippen LogP contribution in [-0.4, -0.2) is 33.7 Å². The van der Waals surface area contributed by atoms with E-state index in [0.29, 0.717) is 11.7 Å². The predicted molar refractivity (Wildman–Crippen MR) is 130 cm³/mol. The lowest BCUT2D eigenvalue weighted by Crippen LogP contribution is -2.29. The Labute approximate surface area is 193 Å². The molecule has 1 aliphatic heterocycles. The molecule has 1 saturated heterocycles. The van der Waals surface area contributed by atoms with Gasteiger partial charge in [-0.15, -0.1) is 0 Å². The van der Waals surface area contributed by atoms with Gasteiger partial charge in [0.15, 0.2) is 5.11 Å². The SMILES string of the molecule is CN(C)c1ccc(-n2cccc2C2C(c3ccccn3)NC(=S)N2Cc2ccco2)cc1. The summed E-state index contributed by atoms with van der Waals surface area (Å²) in [4.78, 5) is 8.92. The molecule has 2 unspecified atom stereocenters. The monoisotopic (exact) mass is 443 g/mol. The van der Waals surface area contributed by atoms with Crippen molar-refractivity contribution in [3.8, 4) is 5.69 Å². The topological polar surface area (TPSA) is 49.5 Å². The molecule has 0 bridgehead atoms. The van der Waals surface area contributed by atoms with Gasteiger partial charge in [0.2, 0.25) is 0 Å². The standard InChI is InChI=1S/C25H25N5OS/c1-28(2)18-10-12-19(13-11-18)29-15-5-9-22(29)24-23(21-8-3-4-14-26-21)27-25(32)30(24)17-20-7-6-16-31-20/h3-16,23-24H,17H2,1-2H3,(H,27,32). The van der Waals surface area contributed by atoms with Crippen molar-refractivity contribution in [2.24, 2.45) is 0 Å². The number of nitrogens with one attached hydrogen (secondary N) is 1. The summed E-state index contributed by atoms with van der Waals surface area (Å²) in [5, 5.41) is 4.20. The summed E-state index contributed by atoms with van der Waals surface area (Å²) in [5.41, 5.74) is 4.36. The zero-order valence-corrected chi connectivity index (χ0v) is 18.9. The Bertz CT molecular complexity index is 1180. The second-order valence-electron chi connectivity index (χ2n) is 8.05. The van der Waals surface area contributed by atoms with Gasteiger partial charge in [0.05, 0.1) is 30.6 Å². The van der Waals surface area contributed by atoms with Gasteiger partial charge in [-0.2, -0.15) is 0 Å². The highest BCUT2D eigenvalue weighted by atomic mass is 32.1. The largest absolute Gasteiger partial charge is 0.467 e. The van der Waals surface area contributed by atoms with E-state index in [-0.39, 0.29) is 12.1 Å². The maximum Gasteiger partial charge on any atom is 0.170 e. The summed E-state index contributed by atoms with van der Waals surface area (Å²) in [5.74, 6) is 0.870. The molecule has 0 saturated carbocycles. The average Bonchev–Trinajstić information content (AvgIpc) is 3.56. The molecular weight excluding hydrogens is 418 g/mol. The first-order chi connectivity index (χ1) is 15.6. The number of hydrogen-bond donors (Lipinski definition) is 1. The van der Waals surface area contributed by atoms with E-state index in [0.717, 1.165) is 28.5 Å². The van der Waals surface area contributed by atoms with Crippen molar-refractivity contribution in [1.82, 2.24) is 19.8 Å². The third kappa shape index (κ3) is 3.76. The summed E-state index contributed by atoms with van der Waals surface area (Å²) < 4.78 is 7.87. The smallest absolute Gasteiger partial charge is 0.170 e. The van der Waals surface area contributed by atoms with Crippen LogP contribution in [0.25, 0.3) is 5.69 Å². The molecule has 1 fully saturated rings. The Morgan fingerprint density at radius 2 is 1.88 bits per heavy atom. The van der Waals surface area contributed by atoms with Crippen LogP contribution in [0.5, 0.6) is 0 Å². The van der Waals surface area contributed by atoms with Crippen molar-refractivity contribution in [2.45, 2.75) is 18.6 Å². The Morgan fingerprint density at radius 1 is 1.03 bits per heavy atom. The molecule has 6 nitrogen and oxygen atoms in total. The summed E-state index contributed by atoms with van der Waals surface area (Å²) >= 11 is 5.78. The van der Waals surface area contributed by atoms with Crippen molar-refractivity contribution in [3.63, 3.8) is 0 Å². The third-order valence-electron chi connectivity index (χ3n) is 5.83. The van der Waals surface area contributed by atoms with Gasteiger partial charge in [-0.1, -0.05) is 6.07 Å². The van der Waals surface area contributed by atoms with Crippen LogP contribution in [0.15, 0.2) is 89.8 Å². The fourth-order valence-electron chi connectivity index (χ4n) is 4.25. The summed E-state index contributed by atoms with van der Waals surface area (Å²) in [6.45, 7) is 0.581. The molecule has 32 heavy (non-hydrogen) atoms. The van der Waals surface area contributed by atoms with Crippen LogP contribution in [0.4, 0.5) is 5.69 Å². The van der Waals surface area contributed by atoms with E-state index in [2.05, 4.69) is 67.3 Å². The molecule has 0 radical (unpaired) electrons. The number of nitrogens with zero attached hydrogens (tertiary/aromatic N) is 4. The zero-order chi connectivity index (χ0) is 22.1. The first-order valence-electron chi connectivity index (χ1n) is 10.6. The molecule has 1 N–H and O–H groups in total. The van der Waals surface area contributed by atoms with Crippen LogP contribution in [-0.2, 0) is 6.54 Å². The van der Waals surface area contributed by atoms with Crippen LogP contribution in [0.1, 0.15) is 29.2 Å². The molecule has 1 aromatic carbocycles. The molecule has 0 amide bonds. The van der Waals surface area contributed by atoms with Crippen molar-refractivity contribution < 1.29 is 4.42 Å². The van der Waals surface area contributed by atoms with Crippen LogP contribution < -0.4 is 10.2 Å². The van der Waals surface area contributed by atoms with E-state index in [4.69, 9.17) is 16.6 Å². The zero-order valence-electron chi connectivity index (χ0n) is 18.1. The fraction of sp³-hybridized carbons (Fsp3) is 0.200. The highest BCUT2D eigenvalue weighted by Gasteiger charge is 2.41. The molecular formula is C25H25N5OS. The number of furan rings is 1. The highest BCUT2D eigenvalue weighted by molar-refractivity contribution is 7.80. The number of hydrogen-bond acceptors (Lipinski definition) is 4. The Morgan fingerprint density at radius 3 is 2.56 bits per heavy atom. The van der Waals surface area contributed by atoms with E-state index >= 15 is 0 Å². The van der Waals surface area contributed by atoms with Crippen LogP contribution in [0, 0.1) is 0 Å². The Kier molecular flexibility index (Phi) is 5.41. The van der Waals surface area contributed by atoms with E-state index < -0.39 is 0 Å². The van der Waals surface area contributed by atoms with E-state index in [1.807, 2.05) is 50.6 Å². The lowest BCUT2D eigenvalue weighted by molar-refractivity contribution is 0.280. The van der Waals surface area contributed by atoms with Crippen molar-refractivity contribution in [2.75, 3.05) is 19.0 Å². The van der Waals surface area contributed by atoms with Crippen LogP contribution in [0.3, 0.4) is 0 Å². The number of pyridine rings is 1. The van der Waals surface area contributed by atoms with Gasteiger partial charge in [0.25, 0.3) is 0 Å². The van der Waals surface area contributed by atoms with E-state index in [1.54, 1.807) is 6.26 Å². The quantitative estimate of drug-likeness (QED) is 0.436. The van der Waals surface area contributed by atoms with Gasteiger partial charge in [0, 0.05) is 43.6 Å². The Balaban J connectivity index is 1.57. The molecule has 4 heterocycles. The minimum Gasteiger partial charge on any atom is -0.467 e. The van der Waals surface area contributed by atoms with Gasteiger partial charge < -0.3 is 24.1 Å². The van der Waals surface area contributed by atoms with Gasteiger partial charge in [-0.3, -0.25) is 4.98 Å². The lowest BCUT2D eigenvalue weighted by Gasteiger charge is -2.28. The summed E-state index contributed by atoms with van der Waals surface area (Å²) in [7, 11) is 4.09. The normalized spacial score (nSPS) is 18.1. The second kappa shape index (κ2) is 8.51. The molecule has 4 aromatic rings. The lowest BCUT2D eigenvalue weighted by atomic mass is 10.0. The molecule has 0 aliphatic carbocycles. The van der Waals surface area contributed by atoms with Crippen LogP contribution >= 0.6 is 12.2 Å². The highest BCUT2D eigenvalue weighted by Crippen LogP contribution is 2.40. The van der Waals surface area contributed by atoms with Gasteiger partial charge in [0.1, 0.15) is 5.76 Å². The minimum atomic E-state index is -0.0756. The molecule has 7 heteroatoms. The number of thiocarbonyl (C=S) groups is 1. The van der Waals surface area contributed by atoms with Crippen molar-refractivity contribution >= 4 is 23.0 Å². The van der Waals surface area contributed by atoms with E-state index in [9.17, 15) is 0 Å². The average molecular weight is 444 g/mol. The molecule has 3 aromatic heterocycles. The Hall–Kier alpha value is -3.58. The predicted octanol–water partition coefficient (Wildman–Crippen LogP) is 4.70. The third-order valence-corrected chi connectivity index (χ3v) is 6.18. The molecule has 1 aliphatic rings. The first kappa shape index (κ1) is 20.3. The maximum atomic E-state index is 5.78.